The number of carbonyl (C=O) groups excluding carboxylic acids is 1. The first-order chi connectivity index (χ1) is 8.60. The van der Waals surface area contributed by atoms with E-state index in [9.17, 15) is 9.59 Å². The number of aliphatic carboxylic acids is 1. The van der Waals surface area contributed by atoms with E-state index < -0.39 is 18.2 Å². The summed E-state index contributed by atoms with van der Waals surface area (Å²) in [6.07, 6.45) is 2.30. The van der Waals surface area contributed by atoms with Crippen molar-refractivity contribution in [3.63, 3.8) is 0 Å². The minimum absolute atomic E-state index is 0.120. The average Bonchev–Trinajstić information content (AvgIpc) is 2.97. The number of carboxylic acid groups (broad SMARTS) is 1. The second kappa shape index (κ2) is 5.67. The number of rotatable bonds is 4. The normalized spacial score (nSPS) is 35.6. The lowest BCUT2D eigenvalue weighted by Gasteiger charge is -2.16. The summed E-state index contributed by atoms with van der Waals surface area (Å²) in [6.45, 7) is 0. The summed E-state index contributed by atoms with van der Waals surface area (Å²) >= 11 is 0. The molecule has 1 aliphatic carbocycles. The summed E-state index contributed by atoms with van der Waals surface area (Å²) in [5, 5.41) is 11.7. The first kappa shape index (κ1) is 13.3. The van der Waals surface area contributed by atoms with Crippen LogP contribution in [0.5, 0.6) is 0 Å². The fourth-order valence-electron chi connectivity index (χ4n) is 2.59. The largest absolute Gasteiger partial charge is 0.479 e. The molecule has 0 aromatic rings. The predicted molar refractivity (Wildman–Crippen MR) is 62.1 cm³/mol. The van der Waals surface area contributed by atoms with Crippen LogP contribution < -0.4 is 5.32 Å². The zero-order chi connectivity index (χ0) is 13.1. The molecule has 0 aromatic carbocycles. The summed E-state index contributed by atoms with van der Waals surface area (Å²) in [5.74, 6) is -1.19. The summed E-state index contributed by atoms with van der Waals surface area (Å²) in [4.78, 5) is 22.6. The second-order valence-electron chi connectivity index (χ2n) is 4.91. The van der Waals surface area contributed by atoms with Gasteiger partial charge in [-0.05, 0) is 32.1 Å². The lowest BCUT2D eigenvalue weighted by molar-refractivity contribution is -0.151. The molecule has 0 bridgehead atoms. The van der Waals surface area contributed by atoms with Crippen molar-refractivity contribution in [2.24, 2.45) is 0 Å². The Balaban J connectivity index is 1.77. The van der Waals surface area contributed by atoms with Gasteiger partial charge in [0.2, 0.25) is 5.91 Å². The molecule has 2 aliphatic rings. The van der Waals surface area contributed by atoms with Gasteiger partial charge in [0.05, 0.1) is 6.10 Å². The SMILES string of the molecule is COC1CCC(NC(=O)[C@@H]2CC[C@H](C(=O)O)O2)C1. The average molecular weight is 257 g/mol. The molecule has 6 heteroatoms. The molecule has 102 valence electrons. The van der Waals surface area contributed by atoms with Gasteiger partial charge in [-0.25, -0.2) is 4.79 Å². The topological polar surface area (TPSA) is 84.9 Å². The summed E-state index contributed by atoms with van der Waals surface area (Å²) < 4.78 is 10.4. The summed E-state index contributed by atoms with van der Waals surface area (Å²) in [7, 11) is 1.67. The van der Waals surface area contributed by atoms with E-state index >= 15 is 0 Å². The fraction of sp³-hybridized carbons (Fsp3) is 0.833. The minimum Gasteiger partial charge on any atom is -0.479 e. The molecule has 2 fully saturated rings. The molecule has 2 unspecified atom stereocenters. The van der Waals surface area contributed by atoms with Crippen LogP contribution in [0.25, 0.3) is 0 Å². The zero-order valence-corrected chi connectivity index (χ0v) is 10.4. The van der Waals surface area contributed by atoms with Gasteiger partial charge in [-0.2, -0.15) is 0 Å². The molecule has 2 rings (SSSR count). The molecule has 4 atom stereocenters. The van der Waals surface area contributed by atoms with Gasteiger partial charge >= 0.3 is 5.97 Å². The number of ether oxygens (including phenoxy) is 2. The number of nitrogens with one attached hydrogen (secondary N) is 1. The smallest absolute Gasteiger partial charge is 0.332 e. The molecule has 0 radical (unpaired) electrons. The van der Waals surface area contributed by atoms with Crippen LogP contribution in [0.15, 0.2) is 0 Å². The number of methoxy groups -OCH3 is 1. The highest BCUT2D eigenvalue weighted by atomic mass is 16.5. The van der Waals surface area contributed by atoms with E-state index in [-0.39, 0.29) is 18.1 Å². The van der Waals surface area contributed by atoms with Crippen LogP contribution in [0.1, 0.15) is 32.1 Å². The highest BCUT2D eigenvalue weighted by Crippen LogP contribution is 2.24. The molecular formula is C12H19NO5. The van der Waals surface area contributed by atoms with Crippen LogP contribution in [-0.4, -0.2) is 48.4 Å². The van der Waals surface area contributed by atoms with E-state index in [1.54, 1.807) is 7.11 Å². The van der Waals surface area contributed by atoms with Crippen molar-refractivity contribution in [2.45, 2.75) is 56.5 Å². The third kappa shape index (κ3) is 3.00. The van der Waals surface area contributed by atoms with Gasteiger partial charge in [-0.15, -0.1) is 0 Å². The Hall–Kier alpha value is -1.14. The number of hydrogen-bond donors (Lipinski definition) is 2. The lowest BCUT2D eigenvalue weighted by Crippen LogP contribution is -2.41. The van der Waals surface area contributed by atoms with Crippen LogP contribution in [0.4, 0.5) is 0 Å². The van der Waals surface area contributed by atoms with Gasteiger partial charge in [0, 0.05) is 13.2 Å². The van der Waals surface area contributed by atoms with E-state index in [1.807, 2.05) is 0 Å². The van der Waals surface area contributed by atoms with Gasteiger partial charge in [0.15, 0.2) is 6.10 Å². The maximum Gasteiger partial charge on any atom is 0.332 e. The molecule has 1 saturated carbocycles. The predicted octanol–water partition coefficient (Wildman–Crippen LogP) is 0.302. The van der Waals surface area contributed by atoms with Crippen molar-refractivity contribution in [3.8, 4) is 0 Å². The van der Waals surface area contributed by atoms with Gasteiger partial charge < -0.3 is 19.9 Å². The Morgan fingerprint density at radius 1 is 1.22 bits per heavy atom. The molecule has 1 saturated heterocycles. The van der Waals surface area contributed by atoms with Crippen molar-refractivity contribution in [1.82, 2.24) is 5.32 Å². The third-order valence-corrected chi connectivity index (χ3v) is 3.65. The summed E-state index contributed by atoms with van der Waals surface area (Å²) in [5.41, 5.74) is 0. The van der Waals surface area contributed by atoms with E-state index in [0.29, 0.717) is 12.8 Å². The Morgan fingerprint density at radius 2 is 1.94 bits per heavy atom. The summed E-state index contributed by atoms with van der Waals surface area (Å²) in [6, 6.07) is 0.120. The van der Waals surface area contributed by atoms with Gasteiger partial charge in [0.25, 0.3) is 0 Å². The molecule has 18 heavy (non-hydrogen) atoms. The third-order valence-electron chi connectivity index (χ3n) is 3.65. The Kier molecular flexibility index (Phi) is 4.19. The highest BCUT2D eigenvalue weighted by molar-refractivity contribution is 5.82. The molecule has 2 N–H and O–H groups in total. The van der Waals surface area contributed by atoms with Gasteiger partial charge in [0.1, 0.15) is 6.10 Å². The van der Waals surface area contributed by atoms with Crippen molar-refractivity contribution in [3.05, 3.63) is 0 Å². The quantitative estimate of drug-likeness (QED) is 0.756. The second-order valence-corrected chi connectivity index (χ2v) is 4.91. The van der Waals surface area contributed by atoms with Crippen molar-refractivity contribution in [2.75, 3.05) is 7.11 Å². The van der Waals surface area contributed by atoms with E-state index in [1.165, 1.54) is 0 Å². The van der Waals surface area contributed by atoms with E-state index in [0.717, 1.165) is 19.3 Å². The first-order valence-electron chi connectivity index (χ1n) is 6.31. The number of hydrogen-bond acceptors (Lipinski definition) is 4. The van der Waals surface area contributed by atoms with Crippen LogP contribution in [0.3, 0.4) is 0 Å². The standard InChI is InChI=1S/C12H19NO5/c1-17-8-3-2-7(6-8)13-11(14)9-4-5-10(18-9)12(15)16/h7-10H,2-6H2,1H3,(H,13,14)(H,15,16)/t7?,8?,9-,10+/m0/s1. The molecule has 0 spiro atoms. The Bertz CT molecular complexity index is 332. The van der Waals surface area contributed by atoms with Gasteiger partial charge in [-0.1, -0.05) is 0 Å². The molecule has 0 aromatic heterocycles. The minimum atomic E-state index is -0.995. The number of amides is 1. The van der Waals surface area contributed by atoms with E-state index in [4.69, 9.17) is 14.6 Å². The first-order valence-corrected chi connectivity index (χ1v) is 6.31. The lowest BCUT2D eigenvalue weighted by atomic mass is 10.1. The maximum atomic E-state index is 11.9. The molecule has 6 nitrogen and oxygen atoms in total. The molecule has 1 heterocycles. The van der Waals surface area contributed by atoms with Crippen molar-refractivity contribution >= 4 is 11.9 Å². The molecule has 1 amide bonds. The molecule has 1 aliphatic heterocycles. The Labute approximate surface area is 106 Å². The Morgan fingerprint density at radius 3 is 2.50 bits per heavy atom. The monoisotopic (exact) mass is 257 g/mol. The van der Waals surface area contributed by atoms with Crippen LogP contribution >= 0.6 is 0 Å². The zero-order valence-electron chi connectivity index (χ0n) is 10.4. The molecular weight excluding hydrogens is 238 g/mol. The van der Waals surface area contributed by atoms with Crippen molar-refractivity contribution < 1.29 is 24.2 Å². The van der Waals surface area contributed by atoms with E-state index in [2.05, 4.69) is 5.32 Å². The fourth-order valence-corrected chi connectivity index (χ4v) is 2.59. The highest BCUT2D eigenvalue weighted by Gasteiger charge is 2.36. The van der Waals surface area contributed by atoms with Crippen molar-refractivity contribution in [1.29, 1.82) is 0 Å². The van der Waals surface area contributed by atoms with Crippen LogP contribution in [0.2, 0.25) is 0 Å². The maximum absolute atomic E-state index is 11.9. The van der Waals surface area contributed by atoms with Crippen LogP contribution in [-0.2, 0) is 19.1 Å². The van der Waals surface area contributed by atoms with Gasteiger partial charge in [-0.3, -0.25) is 4.79 Å². The van der Waals surface area contributed by atoms with Crippen LogP contribution in [0, 0.1) is 0 Å². The number of carbonyl (C=O) groups is 2. The number of carboxylic acids is 1.